The molecule has 9 nitrogen and oxygen atoms in total. The SMILES string of the molecule is CC(C)OP(=O)(OC(C)C)c1nc(N)nc2c1ncn2[C@H]1C=C[C@@H](CO)C1. The Morgan fingerprint density at radius 3 is 2.48 bits per heavy atom. The molecule has 1 aliphatic rings. The normalized spacial score (nSPS) is 20.4. The number of nitrogens with zero attached hydrogens (tertiary/aromatic N) is 4. The summed E-state index contributed by atoms with van der Waals surface area (Å²) in [6.45, 7) is 7.18. The molecule has 27 heavy (non-hydrogen) atoms. The Balaban J connectivity index is 2.11. The number of hydrogen-bond acceptors (Lipinski definition) is 8. The van der Waals surface area contributed by atoms with Crippen LogP contribution < -0.4 is 11.2 Å². The van der Waals surface area contributed by atoms with Gasteiger partial charge in [0.2, 0.25) is 5.95 Å². The highest BCUT2D eigenvalue weighted by molar-refractivity contribution is 7.62. The summed E-state index contributed by atoms with van der Waals surface area (Å²) in [6.07, 6.45) is 5.62. The number of aliphatic hydroxyl groups excluding tert-OH is 1. The van der Waals surface area contributed by atoms with Crippen LogP contribution in [-0.2, 0) is 13.6 Å². The van der Waals surface area contributed by atoms with E-state index < -0.39 is 7.60 Å². The van der Waals surface area contributed by atoms with Crippen LogP contribution in [-0.4, -0.2) is 43.4 Å². The van der Waals surface area contributed by atoms with Crippen molar-refractivity contribution in [1.82, 2.24) is 19.5 Å². The minimum Gasteiger partial charge on any atom is -0.396 e. The molecule has 3 rings (SSSR count). The molecule has 2 aromatic rings. The molecule has 2 heterocycles. The van der Waals surface area contributed by atoms with Crippen molar-refractivity contribution in [3.8, 4) is 0 Å². The first-order valence-corrected chi connectivity index (χ1v) is 10.5. The van der Waals surface area contributed by atoms with Crippen LogP contribution in [0.5, 0.6) is 0 Å². The van der Waals surface area contributed by atoms with Crippen LogP contribution in [0.4, 0.5) is 5.95 Å². The van der Waals surface area contributed by atoms with Crippen LogP contribution in [0.1, 0.15) is 40.2 Å². The molecule has 2 aromatic heterocycles. The highest BCUT2D eigenvalue weighted by atomic mass is 31.2. The molecule has 0 saturated carbocycles. The van der Waals surface area contributed by atoms with Gasteiger partial charge in [0.05, 0.1) is 24.6 Å². The second-order valence-electron chi connectivity index (χ2n) is 7.17. The third-order valence-corrected chi connectivity index (χ3v) is 6.35. The molecule has 1 aliphatic carbocycles. The Morgan fingerprint density at radius 1 is 1.26 bits per heavy atom. The van der Waals surface area contributed by atoms with E-state index in [1.165, 1.54) is 0 Å². The fourth-order valence-electron chi connectivity index (χ4n) is 3.13. The molecule has 0 aliphatic heterocycles. The smallest absolute Gasteiger partial charge is 0.382 e. The first kappa shape index (κ1) is 19.9. The molecule has 0 amide bonds. The van der Waals surface area contributed by atoms with E-state index in [1.807, 2.05) is 16.7 Å². The minimum absolute atomic E-state index is 0.0225. The van der Waals surface area contributed by atoms with Crippen molar-refractivity contribution in [2.45, 2.75) is 52.4 Å². The van der Waals surface area contributed by atoms with E-state index in [4.69, 9.17) is 14.8 Å². The summed E-state index contributed by atoms with van der Waals surface area (Å²) < 4.78 is 26.7. The average molecular weight is 395 g/mol. The van der Waals surface area contributed by atoms with Crippen molar-refractivity contribution in [3.05, 3.63) is 18.5 Å². The van der Waals surface area contributed by atoms with E-state index in [0.29, 0.717) is 11.2 Å². The number of anilines is 1. The standard InChI is InChI=1S/C17H26N5O4P/c1-10(2)25-27(24,26-11(3)4)16-14-15(20-17(18)21-16)22(9-19-14)13-6-5-12(7-13)8-23/h5-6,9-13,23H,7-8H2,1-4H3,(H2,18,20,21)/t12-,13+/m1/s1. The zero-order chi connectivity index (χ0) is 19.8. The Bertz CT molecular complexity index is 881. The zero-order valence-corrected chi connectivity index (χ0v) is 16.8. The van der Waals surface area contributed by atoms with Gasteiger partial charge in [0.15, 0.2) is 11.1 Å². The van der Waals surface area contributed by atoms with Gasteiger partial charge in [-0.3, -0.25) is 4.57 Å². The highest BCUT2D eigenvalue weighted by Gasteiger charge is 2.37. The molecule has 0 aromatic carbocycles. The van der Waals surface area contributed by atoms with E-state index in [0.717, 1.165) is 6.42 Å². The van der Waals surface area contributed by atoms with Crippen molar-refractivity contribution in [2.24, 2.45) is 5.92 Å². The molecule has 0 fully saturated rings. The average Bonchev–Trinajstić information content (AvgIpc) is 3.18. The third kappa shape index (κ3) is 4.06. The molecule has 10 heteroatoms. The predicted octanol–water partition coefficient (Wildman–Crippen LogP) is 2.19. The maximum absolute atomic E-state index is 13.5. The van der Waals surface area contributed by atoms with Crippen molar-refractivity contribution in [3.63, 3.8) is 0 Å². The van der Waals surface area contributed by atoms with Gasteiger partial charge >= 0.3 is 7.60 Å². The molecule has 0 spiro atoms. The molecule has 0 radical (unpaired) electrons. The van der Waals surface area contributed by atoms with Crippen LogP contribution in [0, 0.1) is 5.92 Å². The second kappa shape index (κ2) is 7.67. The number of aliphatic hydroxyl groups is 1. The number of imidazole rings is 1. The molecular formula is C17H26N5O4P. The summed E-state index contributed by atoms with van der Waals surface area (Å²) in [5.74, 6) is 0.0608. The van der Waals surface area contributed by atoms with E-state index in [1.54, 1.807) is 34.0 Å². The Morgan fingerprint density at radius 2 is 1.93 bits per heavy atom. The van der Waals surface area contributed by atoms with Crippen LogP contribution in [0.2, 0.25) is 0 Å². The first-order valence-electron chi connectivity index (χ1n) is 9.00. The molecule has 0 saturated heterocycles. The molecule has 0 unspecified atom stereocenters. The number of nitrogens with two attached hydrogens (primary N) is 1. The first-order chi connectivity index (χ1) is 12.7. The van der Waals surface area contributed by atoms with Gasteiger partial charge in [-0.1, -0.05) is 12.2 Å². The summed E-state index contributed by atoms with van der Waals surface area (Å²) in [5, 5.41) is 9.37. The maximum atomic E-state index is 13.5. The van der Waals surface area contributed by atoms with Gasteiger partial charge in [-0.05, 0) is 34.1 Å². The van der Waals surface area contributed by atoms with E-state index in [9.17, 15) is 9.67 Å². The molecule has 148 valence electrons. The largest absolute Gasteiger partial charge is 0.396 e. The van der Waals surface area contributed by atoms with Gasteiger partial charge < -0.3 is 24.5 Å². The van der Waals surface area contributed by atoms with Gasteiger partial charge in [-0.25, -0.2) is 9.97 Å². The fraction of sp³-hybridized carbons (Fsp3) is 0.588. The molecule has 3 N–H and O–H groups in total. The lowest BCUT2D eigenvalue weighted by Crippen LogP contribution is -2.22. The molecular weight excluding hydrogens is 369 g/mol. The molecule has 0 bridgehead atoms. The number of fused-ring (bicyclic) bond motifs is 1. The van der Waals surface area contributed by atoms with Gasteiger partial charge in [0.1, 0.15) is 5.52 Å². The quantitative estimate of drug-likeness (QED) is 0.540. The summed E-state index contributed by atoms with van der Waals surface area (Å²) in [7, 11) is -3.76. The van der Waals surface area contributed by atoms with Gasteiger partial charge in [-0.15, -0.1) is 0 Å². The highest BCUT2D eigenvalue weighted by Crippen LogP contribution is 2.50. The van der Waals surface area contributed by atoms with E-state index >= 15 is 0 Å². The van der Waals surface area contributed by atoms with Crippen LogP contribution in [0.3, 0.4) is 0 Å². The Labute approximate surface area is 158 Å². The second-order valence-corrected chi connectivity index (χ2v) is 9.01. The minimum atomic E-state index is -3.76. The lowest BCUT2D eigenvalue weighted by molar-refractivity contribution is 0.150. The zero-order valence-electron chi connectivity index (χ0n) is 15.9. The van der Waals surface area contributed by atoms with Gasteiger partial charge in [0, 0.05) is 12.5 Å². The fourth-order valence-corrected chi connectivity index (χ4v) is 5.13. The van der Waals surface area contributed by atoms with E-state index in [-0.39, 0.29) is 42.2 Å². The molecule has 2 atom stereocenters. The number of aromatic nitrogens is 4. The van der Waals surface area contributed by atoms with Crippen LogP contribution in [0.25, 0.3) is 11.2 Å². The Hall–Kier alpha value is -1.80. The lowest BCUT2D eigenvalue weighted by Gasteiger charge is -2.22. The lowest BCUT2D eigenvalue weighted by atomic mass is 10.1. The number of allylic oxidation sites excluding steroid dienone is 1. The maximum Gasteiger partial charge on any atom is 0.382 e. The van der Waals surface area contributed by atoms with Gasteiger partial charge in [0.25, 0.3) is 0 Å². The van der Waals surface area contributed by atoms with Crippen molar-refractivity contribution >= 4 is 30.1 Å². The number of nitrogen functional groups attached to an aromatic ring is 1. The summed E-state index contributed by atoms with van der Waals surface area (Å²) >= 11 is 0. The summed E-state index contributed by atoms with van der Waals surface area (Å²) in [6, 6.07) is -0.0225. The predicted molar refractivity (Wildman–Crippen MR) is 103 cm³/mol. The van der Waals surface area contributed by atoms with Crippen LogP contribution >= 0.6 is 7.60 Å². The topological polar surface area (TPSA) is 125 Å². The summed E-state index contributed by atoms with van der Waals surface area (Å²) in [5.41, 5.74) is 6.79. The van der Waals surface area contributed by atoms with Crippen molar-refractivity contribution < 1.29 is 18.7 Å². The van der Waals surface area contributed by atoms with Crippen molar-refractivity contribution in [1.29, 1.82) is 0 Å². The van der Waals surface area contributed by atoms with Crippen LogP contribution in [0.15, 0.2) is 18.5 Å². The monoisotopic (exact) mass is 395 g/mol. The van der Waals surface area contributed by atoms with Crippen molar-refractivity contribution in [2.75, 3.05) is 12.3 Å². The Kier molecular flexibility index (Phi) is 5.67. The number of rotatable bonds is 7. The van der Waals surface area contributed by atoms with E-state index in [2.05, 4.69) is 15.0 Å². The summed E-state index contributed by atoms with van der Waals surface area (Å²) in [4.78, 5) is 12.9. The van der Waals surface area contributed by atoms with Gasteiger partial charge in [-0.2, -0.15) is 4.98 Å². The third-order valence-electron chi connectivity index (χ3n) is 4.12. The number of hydrogen-bond donors (Lipinski definition) is 2.